The minimum Gasteiger partial charge on any atom is -0.455 e. The Bertz CT molecular complexity index is 970. The molecule has 1 atom stereocenters. The number of esters is 1. The molecule has 5 nitrogen and oxygen atoms in total. The number of nitrogens with zero attached hydrogens (tertiary/aromatic N) is 2. The standard InChI is InChI=1S/C17H16N2O3S2/c1-10-2-3-13-11(6-10)7-14(24-13)16(21)22-9-12-8-15(20)19-4-5-23-17(19)18-12/h4-5,7-8,10H,2-3,6,9H2,1H3/t10-/m1/s1. The van der Waals surface area contributed by atoms with Crippen molar-refractivity contribution in [1.82, 2.24) is 9.38 Å². The first-order valence-corrected chi connectivity index (χ1v) is 9.54. The summed E-state index contributed by atoms with van der Waals surface area (Å²) in [6.07, 6.45) is 4.94. The summed E-state index contributed by atoms with van der Waals surface area (Å²) in [4.78, 5) is 31.1. The second-order valence-corrected chi connectivity index (χ2v) is 8.13. The fourth-order valence-corrected chi connectivity index (χ4v) is 4.82. The van der Waals surface area contributed by atoms with Gasteiger partial charge in [-0.15, -0.1) is 22.7 Å². The van der Waals surface area contributed by atoms with Gasteiger partial charge in [-0.3, -0.25) is 9.20 Å². The van der Waals surface area contributed by atoms with Gasteiger partial charge in [-0.2, -0.15) is 0 Å². The van der Waals surface area contributed by atoms with Gasteiger partial charge in [-0.1, -0.05) is 6.92 Å². The first kappa shape index (κ1) is 15.5. The Morgan fingerprint density at radius 2 is 2.33 bits per heavy atom. The molecule has 0 aliphatic heterocycles. The smallest absolute Gasteiger partial charge is 0.348 e. The molecule has 0 N–H and O–H groups in total. The zero-order chi connectivity index (χ0) is 16.7. The summed E-state index contributed by atoms with van der Waals surface area (Å²) in [5, 5.41) is 1.80. The van der Waals surface area contributed by atoms with Crippen molar-refractivity contribution in [2.75, 3.05) is 0 Å². The molecule has 7 heteroatoms. The quantitative estimate of drug-likeness (QED) is 0.673. The lowest BCUT2D eigenvalue weighted by molar-refractivity contribution is 0.0473. The van der Waals surface area contributed by atoms with Crippen LogP contribution in [0.4, 0.5) is 0 Å². The third-order valence-corrected chi connectivity index (χ3v) is 6.21. The molecule has 24 heavy (non-hydrogen) atoms. The lowest BCUT2D eigenvalue weighted by Crippen LogP contribution is -2.14. The fraction of sp³-hybridized carbons (Fsp3) is 0.353. The molecule has 124 valence electrons. The van der Waals surface area contributed by atoms with Crippen LogP contribution in [0.1, 0.15) is 39.2 Å². The van der Waals surface area contributed by atoms with E-state index in [0.717, 1.165) is 12.8 Å². The predicted molar refractivity (Wildman–Crippen MR) is 94.0 cm³/mol. The van der Waals surface area contributed by atoms with E-state index in [4.69, 9.17) is 4.74 Å². The van der Waals surface area contributed by atoms with E-state index in [0.29, 0.717) is 21.4 Å². The molecule has 0 bridgehead atoms. The van der Waals surface area contributed by atoms with E-state index in [-0.39, 0.29) is 18.1 Å². The first-order chi connectivity index (χ1) is 11.6. The number of aryl methyl sites for hydroxylation is 1. The summed E-state index contributed by atoms with van der Waals surface area (Å²) in [5.74, 6) is 0.334. The van der Waals surface area contributed by atoms with Gasteiger partial charge < -0.3 is 4.74 Å². The van der Waals surface area contributed by atoms with Crippen LogP contribution in [0, 0.1) is 5.92 Å². The summed E-state index contributed by atoms with van der Waals surface area (Å²) in [6, 6.07) is 3.37. The Labute approximate surface area is 146 Å². The number of thiazole rings is 1. The molecule has 1 aliphatic rings. The van der Waals surface area contributed by atoms with E-state index in [1.54, 1.807) is 11.6 Å². The minimum absolute atomic E-state index is 0.0153. The van der Waals surface area contributed by atoms with Gasteiger partial charge >= 0.3 is 5.97 Å². The van der Waals surface area contributed by atoms with E-state index in [2.05, 4.69) is 11.9 Å². The van der Waals surface area contributed by atoms with Gasteiger partial charge in [0.25, 0.3) is 5.56 Å². The van der Waals surface area contributed by atoms with Crippen LogP contribution >= 0.6 is 22.7 Å². The van der Waals surface area contributed by atoms with Crippen molar-refractivity contribution in [3.8, 4) is 0 Å². The van der Waals surface area contributed by atoms with Gasteiger partial charge in [0.05, 0.1) is 5.69 Å². The predicted octanol–water partition coefficient (Wildman–Crippen LogP) is 3.30. The molecular formula is C17H16N2O3S2. The summed E-state index contributed by atoms with van der Waals surface area (Å²) >= 11 is 2.91. The van der Waals surface area contributed by atoms with Crippen molar-refractivity contribution >= 4 is 33.6 Å². The molecule has 1 aliphatic carbocycles. The monoisotopic (exact) mass is 360 g/mol. The highest BCUT2D eigenvalue weighted by atomic mass is 32.1. The number of hydrogen-bond donors (Lipinski definition) is 0. The van der Waals surface area contributed by atoms with Crippen molar-refractivity contribution in [2.45, 2.75) is 32.8 Å². The topological polar surface area (TPSA) is 60.7 Å². The van der Waals surface area contributed by atoms with E-state index in [1.165, 1.54) is 50.0 Å². The molecule has 0 radical (unpaired) electrons. The second kappa shape index (κ2) is 6.14. The largest absolute Gasteiger partial charge is 0.455 e. The van der Waals surface area contributed by atoms with Crippen LogP contribution in [0.25, 0.3) is 4.96 Å². The van der Waals surface area contributed by atoms with Crippen LogP contribution in [0.5, 0.6) is 0 Å². The van der Waals surface area contributed by atoms with Crippen molar-refractivity contribution in [3.05, 3.63) is 55.1 Å². The third kappa shape index (κ3) is 2.89. The van der Waals surface area contributed by atoms with Crippen molar-refractivity contribution in [1.29, 1.82) is 0 Å². The molecule has 3 aromatic rings. The Balaban J connectivity index is 1.49. The lowest BCUT2D eigenvalue weighted by atomic mass is 9.90. The van der Waals surface area contributed by atoms with Crippen LogP contribution in [-0.2, 0) is 24.2 Å². The molecule has 4 rings (SSSR count). The number of carbonyl (C=O) groups is 1. The Hall–Kier alpha value is -1.99. The molecule has 0 saturated carbocycles. The second-order valence-electron chi connectivity index (χ2n) is 6.12. The van der Waals surface area contributed by atoms with Crippen LogP contribution in [0.15, 0.2) is 28.5 Å². The molecule has 0 fully saturated rings. The zero-order valence-corrected chi connectivity index (χ0v) is 14.8. The van der Waals surface area contributed by atoms with Gasteiger partial charge in [-0.05, 0) is 36.8 Å². The molecular weight excluding hydrogens is 344 g/mol. The minimum atomic E-state index is -0.338. The number of fused-ring (bicyclic) bond motifs is 2. The molecule has 3 aromatic heterocycles. The Morgan fingerprint density at radius 1 is 1.46 bits per heavy atom. The van der Waals surface area contributed by atoms with Gasteiger partial charge in [-0.25, -0.2) is 9.78 Å². The highest BCUT2D eigenvalue weighted by Gasteiger charge is 2.21. The highest BCUT2D eigenvalue weighted by Crippen LogP contribution is 2.32. The first-order valence-electron chi connectivity index (χ1n) is 7.84. The van der Waals surface area contributed by atoms with Gasteiger partial charge in [0, 0.05) is 22.5 Å². The normalized spacial score (nSPS) is 17.0. The van der Waals surface area contributed by atoms with Crippen molar-refractivity contribution in [3.63, 3.8) is 0 Å². The van der Waals surface area contributed by atoms with Crippen LogP contribution in [0.2, 0.25) is 0 Å². The van der Waals surface area contributed by atoms with Crippen molar-refractivity contribution in [2.24, 2.45) is 5.92 Å². The van der Waals surface area contributed by atoms with Crippen LogP contribution in [0.3, 0.4) is 0 Å². The number of thiophene rings is 1. The van der Waals surface area contributed by atoms with Gasteiger partial charge in [0.15, 0.2) is 4.96 Å². The number of aromatic nitrogens is 2. The number of rotatable bonds is 3. The Kier molecular flexibility index (Phi) is 3.97. The molecule has 0 spiro atoms. The highest BCUT2D eigenvalue weighted by molar-refractivity contribution is 7.15. The third-order valence-electron chi connectivity index (χ3n) is 4.24. The molecule has 0 unspecified atom stereocenters. The number of hydrogen-bond acceptors (Lipinski definition) is 6. The fourth-order valence-electron chi connectivity index (χ4n) is 2.98. The van der Waals surface area contributed by atoms with Crippen molar-refractivity contribution < 1.29 is 9.53 Å². The summed E-state index contributed by atoms with van der Waals surface area (Å²) in [5.41, 5.74) is 1.60. The lowest BCUT2D eigenvalue weighted by Gasteiger charge is -2.16. The maximum absolute atomic E-state index is 12.3. The maximum atomic E-state index is 12.3. The maximum Gasteiger partial charge on any atom is 0.348 e. The average Bonchev–Trinajstić information content (AvgIpc) is 3.18. The van der Waals surface area contributed by atoms with E-state index >= 15 is 0 Å². The molecule has 0 amide bonds. The van der Waals surface area contributed by atoms with E-state index < -0.39 is 0 Å². The molecule has 0 saturated heterocycles. The number of ether oxygens (including phenoxy) is 1. The summed E-state index contributed by atoms with van der Waals surface area (Å²) in [6.45, 7) is 2.25. The van der Waals surface area contributed by atoms with Crippen LogP contribution < -0.4 is 5.56 Å². The number of carbonyl (C=O) groups excluding carboxylic acids is 1. The van der Waals surface area contributed by atoms with E-state index in [9.17, 15) is 9.59 Å². The summed E-state index contributed by atoms with van der Waals surface area (Å²) in [7, 11) is 0. The van der Waals surface area contributed by atoms with Crippen LogP contribution in [-0.4, -0.2) is 15.4 Å². The van der Waals surface area contributed by atoms with Gasteiger partial charge in [0.1, 0.15) is 11.5 Å². The van der Waals surface area contributed by atoms with E-state index in [1.807, 2.05) is 6.07 Å². The molecule has 0 aromatic carbocycles. The van der Waals surface area contributed by atoms with Gasteiger partial charge in [0.2, 0.25) is 0 Å². The molecule has 3 heterocycles. The average molecular weight is 360 g/mol. The zero-order valence-electron chi connectivity index (χ0n) is 13.2. The SMILES string of the molecule is C[C@@H]1CCc2sc(C(=O)OCc3cc(=O)n4ccsc4n3)cc2C1. The Morgan fingerprint density at radius 3 is 3.21 bits per heavy atom. The summed E-state index contributed by atoms with van der Waals surface area (Å²) < 4.78 is 6.84.